The van der Waals surface area contributed by atoms with Crippen molar-refractivity contribution in [3.8, 4) is 0 Å². The van der Waals surface area contributed by atoms with Gasteiger partial charge in [0.2, 0.25) is 0 Å². The molecule has 2 rings (SSSR count). The van der Waals surface area contributed by atoms with Crippen molar-refractivity contribution in [3.05, 3.63) is 0 Å². The molecule has 2 bridgehead atoms. The zero-order chi connectivity index (χ0) is 12.9. The van der Waals surface area contributed by atoms with Crippen LogP contribution in [0.5, 0.6) is 0 Å². The number of rotatable bonds is 4. The summed E-state index contributed by atoms with van der Waals surface area (Å²) < 4.78 is 0. The minimum atomic E-state index is -0.419. The van der Waals surface area contributed by atoms with Crippen molar-refractivity contribution in [1.29, 1.82) is 0 Å². The largest absolute Gasteiger partial charge is 0.389 e. The summed E-state index contributed by atoms with van der Waals surface area (Å²) in [7, 11) is 0. The molecule has 2 aliphatic carbocycles. The lowest BCUT2D eigenvalue weighted by atomic mass is 9.58. The van der Waals surface area contributed by atoms with Gasteiger partial charge in [-0.05, 0) is 48.3 Å². The van der Waals surface area contributed by atoms with Crippen molar-refractivity contribution in [2.24, 2.45) is 22.7 Å². The van der Waals surface area contributed by atoms with E-state index >= 15 is 0 Å². The van der Waals surface area contributed by atoms with Gasteiger partial charge < -0.3 is 5.11 Å². The third-order valence-corrected chi connectivity index (χ3v) is 6.15. The molecular formula is C16H30O. The summed E-state index contributed by atoms with van der Waals surface area (Å²) in [6.45, 7) is 11.5. The predicted octanol–water partition coefficient (Wildman–Crippen LogP) is 4.39. The number of fused-ring (bicyclic) bond motifs is 2. The van der Waals surface area contributed by atoms with Crippen LogP contribution in [-0.2, 0) is 0 Å². The van der Waals surface area contributed by atoms with E-state index in [2.05, 4.69) is 34.6 Å². The second kappa shape index (κ2) is 3.98. The number of hydrogen-bond donors (Lipinski definition) is 1. The van der Waals surface area contributed by atoms with Gasteiger partial charge in [0.05, 0.1) is 5.60 Å². The Labute approximate surface area is 107 Å². The monoisotopic (exact) mass is 238 g/mol. The Bertz CT molecular complexity index is 287. The van der Waals surface area contributed by atoms with Crippen molar-refractivity contribution in [2.75, 3.05) is 0 Å². The van der Waals surface area contributed by atoms with Crippen LogP contribution in [0.25, 0.3) is 0 Å². The third-order valence-electron chi connectivity index (χ3n) is 6.15. The van der Waals surface area contributed by atoms with Gasteiger partial charge in [0.15, 0.2) is 0 Å². The van der Waals surface area contributed by atoms with Crippen LogP contribution >= 0.6 is 0 Å². The van der Waals surface area contributed by atoms with Gasteiger partial charge in [-0.1, -0.05) is 47.5 Å². The van der Waals surface area contributed by atoms with E-state index in [1.807, 2.05) is 0 Å². The van der Waals surface area contributed by atoms with Crippen molar-refractivity contribution in [3.63, 3.8) is 0 Å². The summed E-state index contributed by atoms with van der Waals surface area (Å²) in [5.74, 6) is 1.50. The molecule has 0 aromatic rings. The van der Waals surface area contributed by atoms with Crippen LogP contribution in [-0.4, -0.2) is 10.7 Å². The molecule has 0 spiro atoms. The van der Waals surface area contributed by atoms with E-state index < -0.39 is 5.60 Å². The zero-order valence-corrected chi connectivity index (χ0v) is 12.3. The van der Waals surface area contributed by atoms with E-state index in [1.54, 1.807) is 0 Å². The molecule has 1 heteroatoms. The molecular weight excluding hydrogens is 208 g/mol. The first-order valence-corrected chi connectivity index (χ1v) is 7.45. The molecule has 0 amide bonds. The molecule has 0 saturated heterocycles. The van der Waals surface area contributed by atoms with Crippen LogP contribution in [0.3, 0.4) is 0 Å². The first-order chi connectivity index (χ1) is 7.73. The maximum Gasteiger partial charge on any atom is 0.0754 e. The predicted molar refractivity (Wildman–Crippen MR) is 72.9 cm³/mol. The van der Waals surface area contributed by atoms with Crippen molar-refractivity contribution in [1.82, 2.24) is 0 Å². The molecule has 1 nitrogen and oxygen atoms in total. The van der Waals surface area contributed by atoms with Gasteiger partial charge >= 0.3 is 0 Å². The average molecular weight is 238 g/mol. The highest BCUT2D eigenvalue weighted by Gasteiger charge is 2.67. The van der Waals surface area contributed by atoms with Crippen LogP contribution in [0.15, 0.2) is 0 Å². The summed E-state index contributed by atoms with van der Waals surface area (Å²) in [6.07, 6.45) is 7.25. The zero-order valence-electron chi connectivity index (χ0n) is 12.3. The highest BCUT2D eigenvalue weighted by atomic mass is 16.3. The van der Waals surface area contributed by atoms with Gasteiger partial charge in [-0.15, -0.1) is 0 Å². The molecule has 17 heavy (non-hydrogen) atoms. The molecule has 2 saturated carbocycles. The van der Waals surface area contributed by atoms with Gasteiger partial charge in [-0.25, -0.2) is 0 Å². The number of aliphatic hydroxyl groups is 1. The average Bonchev–Trinajstić information content (AvgIpc) is 2.65. The maximum atomic E-state index is 11.3. The topological polar surface area (TPSA) is 20.2 Å². The standard InChI is InChI=1S/C16H30O/c1-12(2)7-6-9-16(17)14(3,4)13-8-10-15(16,5)11-13/h12-13,17H,6-11H2,1-5H3. The molecule has 3 atom stereocenters. The summed E-state index contributed by atoms with van der Waals surface area (Å²) in [5.41, 5.74) is -0.104. The summed E-state index contributed by atoms with van der Waals surface area (Å²) in [6, 6.07) is 0. The number of hydrogen-bond acceptors (Lipinski definition) is 1. The Morgan fingerprint density at radius 1 is 1.24 bits per heavy atom. The van der Waals surface area contributed by atoms with Crippen LogP contribution in [0, 0.1) is 22.7 Å². The quantitative estimate of drug-likeness (QED) is 0.770. The highest BCUT2D eigenvalue weighted by Crippen LogP contribution is 2.69. The summed E-state index contributed by atoms with van der Waals surface area (Å²) in [5, 5.41) is 11.3. The van der Waals surface area contributed by atoms with Crippen molar-refractivity contribution < 1.29 is 5.11 Å². The lowest BCUT2D eigenvalue weighted by molar-refractivity contribution is -0.148. The fourth-order valence-electron chi connectivity index (χ4n) is 4.74. The van der Waals surface area contributed by atoms with E-state index in [9.17, 15) is 5.11 Å². The third kappa shape index (κ3) is 1.77. The lowest BCUT2D eigenvalue weighted by Crippen LogP contribution is -2.54. The van der Waals surface area contributed by atoms with Gasteiger partial charge in [0, 0.05) is 0 Å². The minimum absolute atomic E-state index is 0.122. The fraction of sp³-hybridized carbons (Fsp3) is 1.00. The van der Waals surface area contributed by atoms with Crippen LogP contribution < -0.4 is 0 Å². The van der Waals surface area contributed by atoms with E-state index in [0.29, 0.717) is 0 Å². The smallest absolute Gasteiger partial charge is 0.0754 e. The summed E-state index contributed by atoms with van der Waals surface area (Å²) in [4.78, 5) is 0. The maximum absolute atomic E-state index is 11.3. The molecule has 0 aliphatic heterocycles. The molecule has 100 valence electrons. The van der Waals surface area contributed by atoms with E-state index in [4.69, 9.17) is 0 Å². The molecule has 0 aromatic heterocycles. The van der Waals surface area contributed by atoms with Crippen LogP contribution in [0.1, 0.15) is 73.1 Å². The SMILES string of the molecule is CC(C)CCCC1(O)C2(C)CCC(C2)C1(C)C. The molecule has 2 fully saturated rings. The van der Waals surface area contributed by atoms with Crippen molar-refractivity contribution in [2.45, 2.75) is 78.7 Å². The van der Waals surface area contributed by atoms with Crippen LogP contribution in [0.4, 0.5) is 0 Å². The Kier molecular flexibility index (Phi) is 3.14. The second-order valence-electron chi connectivity index (χ2n) is 7.87. The normalized spacial score (nSPS) is 43.6. The van der Waals surface area contributed by atoms with E-state index in [-0.39, 0.29) is 10.8 Å². The Morgan fingerprint density at radius 2 is 1.88 bits per heavy atom. The molecule has 0 aromatic carbocycles. The Balaban J connectivity index is 2.11. The highest BCUT2D eigenvalue weighted by molar-refractivity contribution is 5.17. The fourth-order valence-corrected chi connectivity index (χ4v) is 4.74. The van der Waals surface area contributed by atoms with Crippen LogP contribution in [0.2, 0.25) is 0 Å². The lowest BCUT2D eigenvalue weighted by Gasteiger charge is -2.51. The molecule has 3 unspecified atom stereocenters. The van der Waals surface area contributed by atoms with Gasteiger partial charge in [-0.2, -0.15) is 0 Å². The second-order valence-corrected chi connectivity index (χ2v) is 7.87. The Hall–Kier alpha value is -0.0400. The Morgan fingerprint density at radius 3 is 2.35 bits per heavy atom. The first-order valence-electron chi connectivity index (χ1n) is 7.45. The minimum Gasteiger partial charge on any atom is -0.389 e. The molecule has 0 radical (unpaired) electrons. The molecule has 0 heterocycles. The van der Waals surface area contributed by atoms with Gasteiger partial charge in [-0.3, -0.25) is 0 Å². The molecule has 2 aliphatic rings. The first kappa shape index (κ1) is 13.4. The van der Waals surface area contributed by atoms with Gasteiger partial charge in [0.1, 0.15) is 0 Å². The van der Waals surface area contributed by atoms with Gasteiger partial charge in [0.25, 0.3) is 0 Å². The van der Waals surface area contributed by atoms with E-state index in [1.165, 1.54) is 32.1 Å². The van der Waals surface area contributed by atoms with Crippen molar-refractivity contribution >= 4 is 0 Å². The summed E-state index contributed by atoms with van der Waals surface area (Å²) >= 11 is 0. The molecule has 1 N–H and O–H groups in total. The van der Waals surface area contributed by atoms with E-state index in [0.717, 1.165) is 18.3 Å².